The van der Waals surface area contributed by atoms with Gasteiger partial charge in [0.1, 0.15) is 0 Å². The van der Waals surface area contributed by atoms with Gasteiger partial charge in [-0.25, -0.2) is 4.98 Å². The van der Waals surface area contributed by atoms with E-state index in [-0.39, 0.29) is 24.8 Å². The number of aromatic nitrogens is 2. The van der Waals surface area contributed by atoms with E-state index in [1.54, 1.807) is 0 Å². The number of rotatable bonds is 5. The Labute approximate surface area is 212 Å². The van der Waals surface area contributed by atoms with Crippen molar-refractivity contribution in [1.82, 2.24) is 9.97 Å². The fourth-order valence-corrected chi connectivity index (χ4v) is 3.85. The topological polar surface area (TPSA) is 51.8 Å². The average Bonchev–Trinajstić information content (AvgIpc) is 2.88. The van der Waals surface area contributed by atoms with Crippen LogP contribution in [0.1, 0.15) is 16.8 Å². The van der Waals surface area contributed by atoms with Crippen molar-refractivity contribution >= 4 is 47.9 Å². The van der Waals surface area contributed by atoms with Crippen molar-refractivity contribution in [1.29, 1.82) is 0 Å². The van der Waals surface area contributed by atoms with Crippen LogP contribution in [-0.2, 0) is 6.54 Å². The van der Waals surface area contributed by atoms with Crippen LogP contribution in [0.25, 0.3) is 45.4 Å². The molecule has 0 fully saturated rings. The van der Waals surface area contributed by atoms with Gasteiger partial charge in [-0.3, -0.25) is 4.98 Å². The summed E-state index contributed by atoms with van der Waals surface area (Å²) in [6, 6.07) is 33.1. The molecule has 0 bridgehead atoms. The van der Waals surface area contributed by atoms with Crippen molar-refractivity contribution in [2.75, 3.05) is 0 Å². The molecule has 0 aliphatic heterocycles. The van der Waals surface area contributed by atoms with Crippen LogP contribution in [0, 0.1) is 0 Å². The largest absolute Gasteiger partial charge is 0.326 e. The van der Waals surface area contributed by atoms with E-state index in [0.717, 1.165) is 50.1 Å². The highest BCUT2D eigenvalue weighted by Crippen LogP contribution is 2.34. The zero-order valence-electron chi connectivity index (χ0n) is 18.5. The molecule has 0 unspecified atom stereocenters. The van der Waals surface area contributed by atoms with Gasteiger partial charge >= 0.3 is 0 Å². The van der Waals surface area contributed by atoms with Gasteiger partial charge in [0.25, 0.3) is 0 Å². The van der Waals surface area contributed by atoms with Crippen molar-refractivity contribution in [2.24, 2.45) is 5.73 Å². The van der Waals surface area contributed by atoms with Crippen LogP contribution in [0.5, 0.6) is 0 Å². The SMILES string of the molecule is Cl.Cl.NCc1ccc(-c2nc3ccnc(C=Cc4ccccc4)c3cc2-c2ccccc2)cc1. The second-order valence-corrected chi connectivity index (χ2v) is 7.66. The summed E-state index contributed by atoms with van der Waals surface area (Å²) in [5.74, 6) is 0. The lowest BCUT2D eigenvalue weighted by Gasteiger charge is -2.13. The van der Waals surface area contributed by atoms with Crippen LogP contribution in [0.15, 0.2) is 103 Å². The Bertz CT molecular complexity index is 1380. The molecule has 5 aromatic rings. The monoisotopic (exact) mass is 485 g/mol. The van der Waals surface area contributed by atoms with Crippen LogP contribution >= 0.6 is 24.8 Å². The summed E-state index contributed by atoms with van der Waals surface area (Å²) < 4.78 is 0. The van der Waals surface area contributed by atoms with Crippen molar-refractivity contribution < 1.29 is 0 Å². The van der Waals surface area contributed by atoms with Crippen LogP contribution in [0.4, 0.5) is 0 Å². The minimum absolute atomic E-state index is 0. The van der Waals surface area contributed by atoms with E-state index in [1.807, 2.05) is 36.5 Å². The Morgan fingerprint density at radius 1 is 0.706 bits per heavy atom. The molecule has 0 spiro atoms. The maximum absolute atomic E-state index is 5.79. The molecule has 0 radical (unpaired) electrons. The first-order valence-corrected chi connectivity index (χ1v) is 10.7. The lowest BCUT2D eigenvalue weighted by molar-refractivity contribution is 1.07. The molecule has 0 amide bonds. The quantitative estimate of drug-likeness (QED) is 0.281. The molecule has 3 nitrogen and oxygen atoms in total. The van der Waals surface area contributed by atoms with Gasteiger partial charge < -0.3 is 5.73 Å². The Morgan fingerprint density at radius 3 is 2.06 bits per heavy atom. The Balaban J connectivity index is 0.00000162. The number of halogens is 2. The number of nitrogens with two attached hydrogens (primary N) is 1. The highest BCUT2D eigenvalue weighted by atomic mass is 35.5. The highest BCUT2D eigenvalue weighted by Gasteiger charge is 2.13. The second kappa shape index (κ2) is 11.6. The van der Waals surface area contributed by atoms with Gasteiger partial charge in [0.05, 0.1) is 16.9 Å². The zero-order chi connectivity index (χ0) is 21.8. The van der Waals surface area contributed by atoms with E-state index in [1.165, 1.54) is 0 Å². The summed E-state index contributed by atoms with van der Waals surface area (Å²) >= 11 is 0. The molecule has 0 atom stereocenters. The molecule has 0 saturated heterocycles. The van der Waals surface area contributed by atoms with E-state index in [0.29, 0.717) is 6.54 Å². The fourth-order valence-electron chi connectivity index (χ4n) is 3.85. The molecule has 2 aromatic heterocycles. The summed E-state index contributed by atoms with van der Waals surface area (Å²) in [6.45, 7) is 0.528. The number of benzene rings is 3. The maximum Gasteiger partial charge on any atom is 0.0788 e. The average molecular weight is 486 g/mol. The normalized spacial score (nSPS) is 10.6. The third kappa shape index (κ3) is 5.35. The van der Waals surface area contributed by atoms with Gasteiger partial charge in [0.2, 0.25) is 0 Å². The molecule has 3 aromatic carbocycles. The van der Waals surface area contributed by atoms with Crippen LogP contribution in [0.2, 0.25) is 0 Å². The molecular weight excluding hydrogens is 461 g/mol. The van der Waals surface area contributed by atoms with Crippen LogP contribution < -0.4 is 5.73 Å². The summed E-state index contributed by atoms with van der Waals surface area (Å²) in [4.78, 5) is 9.73. The van der Waals surface area contributed by atoms with Crippen molar-refractivity contribution in [2.45, 2.75) is 6.54 Å². The highest BCUT2D eigenvalue weighted by molar-refractivity contribution is 5.96. The predicted octanol–water partition coefficient (Wildman–Crippen LogP) is 7.44. The van der Waals surface area contributed by atoms with Gasteiger partial charge in [-0.05, 0) is 34.9 Å². The maximum atomic E-state index is 5.79. The molecule has 5 heteroatoms. The molecule has 2 heterocycles. The van der Waals surface area contributed by atoms with Gasteiger partial charge in [0, 0.05) is 29.3 Å². The van der Waals surface area contributed by atoms with Gasteiger partial charge in [0.15, 0.2) is 0 Å². The number of pyridine rings is 2. The Hall–Kier alpha value is -3.50. The number of nitrogens with zero attached hydrogens (tertiary/aromatic N) is 2. The third-order valence-corrected chi connectivity index (χ3v) is 5.56. The fraction of sp³-hybridized carbons (Fsp3) is 0.0345. The van der Waals surface area contributed by atoms with Gasteiger partial charge in [-0.1, -0.05) is 91.0 Å². The molecule has 2 N–H and O–H groups in total. The number of hydrogen-bond donors (Lipinski definition) is 1. The zero-order valence-corrected chi connectivity index (χ0v) is 20.1. The molecule has 34 heavy (non-hydrogen) atoms. The summed E-state index contributed by atoms with van der Waals surface area (Å²) in [7, 11) is 0. The van der Waals surface area contributed by atoms with Crippen molar-refractivity contribution in [3.05, 3.63) is 120 Å². The van der Waals surface area contributed by atoms with Gasteiger partial charge in [-0.15, -0.1) is 24.8 Å². The molecular formula is C29H25Cl2N3. The van der Waals surface area contributed by atoms with Gasteiger partial charge in [-0.2, -0.15) is 0 Å². The molecule has 170 valence electrons. The number of hydrogen-bond acceptors (Lipinski definition) is 3. The van der Waals surface area contributed by atoms with E-state index in [4.69, 9.17) is 10.7 Å². The van der Waals surface area contributed by atoms with Crippen LogP contribution in [0.3, 0.4) is 0 Å². The summed E-state index contributed by atoms with van der Waals surface area (Å²) in [5.41, 5.74) is 14.1. The Morgan fingerprint density at radius 2 is 1.38 bits per heavy atom. The molecule has 0 aliphatic rings. The van der Waals surface area contributed by atoms with Crippen LogP contribution in [-0.4, -0.2) is 9.97 Å². The van der Waals surface area contributed by atoms with E-state index < -0.39 is 0 Å². The second-order valence-electron chi connectivity index (χ2n) is 7.66. The Kier molecular flexibility index (Phi) is 8.55. The molecule has 0 saturated carbocycles. The third-order valence-electron chi connectivity index (χ3n) is 5.56. The molecule has 5 rings (SSSR count). The summed E-state index contributed by atoms with van der Waals surface area (Å²) in [5, 5.41) is 1.03. The number of fused-ring (bicyclic) bond motifs is 1. The lowest BCUT2D eigenvalue weighted by Crippen LogP contribution is -1.97. The minimum atomic E-state index is 0. The first-order chi connectivity index (χ1) is 15.8. The van der Waals surface area contributed by atoms with E-state index >= 15 is 0 Å². The molecule has 0 aliphatic carbocycles. The minimum Gasteiger partial charge on any atom is -0.326 e. The first kappa shape index (κ1) is 25.1. The van der Waals surface area contributed by atoms with E-state index in [2.05, 4.69) is 83.9 Å². The smallest absolute Gasteiger partial charge is 0.0788 e. The summed E-state index contributed by atoms with van der Waals surface area (Å²) in [6.07, 6.45) is 5.97. The standard InChI is InChI=1S/C29H23N3.2ClH/c30-20-22-11-14-24(15-12-22)29-25(23-9-5-2-6-10-23)19-26-27(31-18-17-28(26)32-29)16-13-21-7-3-1-4-8-21;;/h1-19H,20,30H2;2*1H. The lowest BCUT2D eigenvalue weighted by atomic mass is 9.96. The predicted molar refractivity (Wildman–Crippen MR) is 148 cm³/mol. The first-order valence-electron chi connectivity index (χ1n) is 10.7. The van der Waals surface area contributed by atoms with Crippen molar-refractivity contribution in [3.63, 3.8) is 0 Å². The van der Waals surface area contributed by atoms with Crippen molar-refractivity contribution in [3.8, 4) is 22.4 Å². The van der Waals surface area contributed by atoms with E-state index in [9.17, 15) is 0 Å².